The molecule has 0 aromatic heterocycles. The van der Waals surface area contributed by atoms with Crippen LogP contribution in [0.25, 0.3) is 0 Å². The van der Waals surface area contributed by atoms with Gasteiger partial charge < -0.3 is 9.84 Å². The van der Waals surface area contributed by atoms with E-state index in [0.717, 1.165) is 19.3 Å². The minimum atomic E-state index is -1.12. The van der Waals surface area contributed by atoms with E-state index in [4.69, 9.17) is 9.84 Å². The Morgan fingerprint density at radius 1 is 0.767 bits per heavy atom. The highest BCUT2D eigenvalue weighted by atomic mass is 16.5. The molecule has 0 unspecified atom stereocenters. The number of ether oxygens (including phenoxy) is 1. The molecule has 30 heavy (non-hydrogen) atoms. The third-order valence-electron chi connectivity index (χ3n) is 5.61. The molecule has 1 N–H and O–H groups in total. The Hall–Kier alpha value is -2.62. The van der Waals surface area contributed by atoms with Crippen molar-refractivity contribution in [3.63, 3.8) is 0 Å². The molecule has 2 aromatic rings. The van der Waals surface area contributed by atoms with Gasteiger partial charge in [-0.15, -0.1) is 0 Å². The number of hydrogen-bond donors (Lipinski definition) is 1. The summed E-state index contributed by atoms with van der Waals surface area (Å²) in [4.78, 5) is 23.2. The summed E-state index contributed by atoms with van der Waals surface area (Å²) in [7, 11) is 0. The highest BCUT2D eigenvalue weighted by molar-refractivity contribution is 6.02. The average Bonchev–Trinajstić information content (AvgIpc) is 2.75. The summed E-state index contributed by atoms with van der Waals surface area (Å²) < 4.78 is 5.24. The van der Waals surface area contributed by atoms with Crippen LogP contribution in [0.1, 0.15) is 91.5 Å². The molecular formula is C26H34O4. The van der Waals surface area contributed by atoms with E-state index in [0.29, 0.717) is 6.61 Å². The van der Waals surface area contributed by atoms with Gasteiger partial charge in [0, 0.05) is 0 Å². The minimum Gasteiger partial charge on any atom is -0.478 e. The van der Waals surface area contributed by atoms with Crippen molar-refractivity contribution >= 4 is 11.9 Å². The quantitative estimate of drug-likeness (QED) is 0.297. The fraction of sp³-hybridized carbons (Fsp3) is 0.462. The Morgan fingerprint density at radius 2 is 1.30 bits per heavy atom. The summed E-state index contributed by atoms with van der Waals surface area (Å²) >= 11 is 0. The van der Waals surface area contributed by atoms with E-state index in [2.05, 4.69) is 44.2 Å². The smallest absolute Gasteiger partial charge is 0.339 e. The first-order chi connectivity index (χ1) is 14.4. The van der Waals surface area contributed by atoms with Gasteiger partial charge in [0.25, 0.3) is 0 Å². The van der Waals surface area contributed by atoms with E-state index in [1.807, 2.05) is 0 Å². The predicted octanol–water partition coefficient (Wildman–Crippen LogP) is 6.64. The topological polar surface area (TPSA) is 63.6 Å². The van der Waals surface area contributed by atoms with Crippen LogP contribution in [0.4, 0.5) is 0 Å². The number of carboxylic acid groups (broad SMARTS) is 1. The molecule has 0 spiro atoms. The first kappa shape index (κ1) is 23.7. The third-order valence-corrected chi connectivity index (χ3v) is 5.61. The van der Waals surface area contributed by atoms with Crippen molar-refractivity contribution in [1.82, 2.24) is 0 Å². The Labute approximate surface area is 180 Å². The summed E-state index contributed by atoms with van der Waals surface area (Å²) in [5, 5.41) is 9.14. The van der Waals surface area contributed by atoms with E-state index in [1.54, 1.807) is 12.1 Å². The van der Waals surface area contributed by atoms with Crippen LogP contribution in [0.5, 0.6) is 0 Å². The summed E-state index contributed by atoms with van der Waals surface area (Å²) in [6.07, 6.45) is 9.07. The van der Waals surface area contributed by atoms with E-state index in [-0.39, 0.29) is 16.5 Å². The second kappa shape index (κ2) is 12.2. The van der Waals surface area contributed by atoms with Gasteiger partial charge >= 0.3 is 11.9 Å². The molecule has 0 bridgehead atoms. The predicted molar refractivity (Wildman–Crippen MR) is 120 cm³/mol. The third kappa shape index (κ3) is 7.66. The summed E-state index contributed by atoms with van der Waals surface area (Å²) in [5.41, 5.74) is 1.73. The number of rotatable bonds is 13. The van der Waals surface area contributed by atoms with E-state index >= 15 is 0 Å². The van der Waals surface area contributed by atoms with Crippen LogP contribution in [-0.2, 0) is 10.2 Å². The number of benzene rings is 2. The summed E-state index contributed by atoms with van der Waals surface area (Å²) in [6.45, 7) is 4.97. The van der Waals surface area contributed by atoms with Crippen molar-refractivity contribution in [2.45, 2.75) is 70.6 Å². The molecule has 0 saturated carbocycles. The van der Waals surface area contributed by atoms with Crippen LogP contribution in [0.2, 0.25) is 0 Å². The lowest BCUT2D eigenvalue weighted by Gasteiger charge is -2.25. The summed E-state index contributed by atoms with van der Waals surface area (Å²) in [5.74, 6) is -1.68. The van der Waals surface area contributed by atoms with Crippen molar-refractivity contribution in [2.24, 2.45) is 0 Å². The SMILES string of the molecule is CC(C)(CCCCCCCCCOC(=O)c1ccccc1C(=O)O)c1ccccc1. The molecule has 2 aromatic carbocycles. The van der Waals surface area contributed by atoms with Crippen molar-refractivity contribution in [1.29, 1.82) is 0 Å². The maximum absolute atomic E-state index is 12.1. The first-order valence-electron chi connectivity index (χ1n) is 11.0. The fourth-order valence-electron chi connectivity index (χ4n) is 3.68. The van der Waals surface area contributed by atoms with Crippen molar-refractivity contribution < 1.29 is 19.4 Å². The van der Waals surface area contributed by atoms with Gasteiger partial charge in [0.1, 0.15) is 0 Å². The van der Waals surface area contributed by atoms with Gasteiger partial charge in [0.2, 0.25) is 0 Å². The lowest BCUT2D eigenvalue weighted by atomic mass is 9.80. The van der Waals surface area contributed by atoms with Gasteiger partial charge in [-0.2, -0.15) is 0 Å². The van der Waals surface area contributed by atoms with Gasteiger partial charge in [0.15, 0.2) is 0 Å². The van der Waals surface area contributed by atoms with Crippen LogP contribution in [0.3, 0.4) is 0 Å². The van der Waals surface area contributed by atoms with Crippen LogP contribution in [-0.4, -0.2) is 23.7 Å². The molecule has 0 aliphatic carbocycles. The molecule has 4 heteroatoms. The molecular weight excluding hydrogens is 376 g/mol. The second-order valence-electron chi connectivity index (χ2n) is 8.46. The first-order valence-corrected chi connectivity index (χ1v) is 11.0. The van der Waals surface area contributed by atoms with Crippen LogP contribution in [0.15, 0.2) is 54.6 Å². The number of carbonyl (C=O) groups excluding carboxylic acids is 1. The Bertz CT molecular complexity index is 796. The molecule has 0 heterocycles. The van der Waals surface area contributed by atoms with Crippen molar-refractivity contribution in [3.8, 4) is 0 Å². The molecule has 162 valence electrons. The zero-order valence-electron chi connectivity index (χ0n) is 18.2. The molecule has 2 rings (SSSR count). The van der Waals surface area contributed by atoms with Gasteiger partial charge in [0.05, 0.1) is 17.7 Å². The molecule has 0 amide bonds. The fourth-order valence-corrected chi connectivity index (χ4v) is 3.68. The van der Waals surface area contributed by atoms with Gasteiger partial charge in [-0.05, 0) is 36.0 Å². The maximum Gasteiger partial charge on any atom is 0.339 e. The average molecular weight is 411 g/mol. The molecule has 0 saturated heterocycles. The number of carbonyl (C=O) groups is 2. The molecule has 0 aliphatic rings. The highest BCUT2D eigenvalue weighted by Crippen LogP contribution is 2.29. The van der Waals surface area contributed by atoms with E-state index < -0.39 is 11.9 Å². The molecule has 0 fully saturated rings. The minimum absolute atomic E-state index is 0.0158. The monoisotopic (exact) mass is 410 g/mol. The number of carboxylic acids is 1. The van der Waals surface area contributed by atoms with Crippen LogP contribution < -0.4 is 0 Å². The van der Waals surface area contributed by atoms with Crippen LogP contribution >= 0.6 is 0 Å². The summed E-state index contributed by atoms with van der Waals surface area (Å²) in [6, 6.07) is 16.9. The van der Waals surface area contributed by atoms with Crippen molar-refractivity contribution in [2.75, 3.05) is 6.61 Å². The second-order valence-corrected chi connectivity index (χ2v) is 8.46. The van der Waals surface area contributed by atoms with Gasteiger partial charge in [-0.3, -0.25) is 0 Å². The Balaban J connectivity index is 1.53. The van der Waals surface area contributed by atoms with Crippen LogP contribution in [0, 0.1) is 0 Å². The zero-order valence-corrected chi connectivity index (χ0v) is 18.2. The normalized spacial score (nSPS) is 11.3. The zero-order chi connectivity index (χ0) is 21.8. The lowest BCUT2D eigenvalue weighted by molar-refractivity contribution is 0.0487. The van der Waals surface area contributed by atoms with E-state index in [1.165, 1.54) is 49.8 Å². The number of unbranched alkanes of at least 4 members (excludes halogenated alkanes) is 6. The highest BCUT2D eigenvalue weighted by Gasteiger charge is 2.19. The van der Waals surface area contributed by atoms with Gasteiger partial charge in [-0.25, -0.2) is 9.59 Å². The Kier molecular flexibility index (Phi) is 9.59. The van der Waals surface area contributed by atoms with Crippen molar-refractivity contribution in [3.05, 3.63) is 71.3 Å². The molecule has 0 aliphatic heterocycles. The Morgan fingerprint density at radius 3 is 1.93 bits per heavy atom. The molecule has 0 radical (unpaired) electrons. The standard InChI is InChI=1S/C26H34O4/c1-26(2,21-15-9-8-10-16-21)19-13-6-4-3-5-7-14-20-30-25(29)23-18-12-11-17-22(23)24(27)28/h8-12,15-18H,3-7,13-14,19-20H2,1-2H3,(H,27,28). The number of esters is 1. The maximum atomic E-state index is 12.1. The van der Waals surface area contributed by atoms with Gasteiger partial charge in [-0.1, -0.05) is 94.8 Å². The molecule has 0 atom stereocenters. The molecule has 4 nitrogen and oxygen atoms in total. The van der Waals surface area contributed by atoms with E-state index in [9.17, 15) is 9.59 Å². The number of aromatic carboxylic acids is 1. The number of hydrogen-bond acceptors (Lipinski definition) is 3. The lowest BCUT2D eigenvalue weighted by Crippen LogP contribution is -2.16. The largest absolute Gasteiger partial charge is 0.478 e.